The van der Waals surface area contributed by atoms with Crippen LogP contribution in [-0.4, -0.2) is 48.7 Å². The maximum Gasteiger partial charge on any atom is 0.329 e. The Kier molecular flexibility index (Phi) is 19.2. The van der Waals surface area contributed by atoms with Crippen LogP contribution in [0.25, 0.3) is 0 Å². The van der Waals surface area contributed by atoms with E-state index in [0.29, 0.717) is 6.61 Å². The molecule has 0 aromatic carbocycles. The van der Waals surface area contributed by atoms with Gasteiger partial charge >= 0.3 is 5.97 Å². The zero-order valence-electron chi connectivity index (χ0n) is 16.2. The maximum absolute atomic E-state index is 10.3. The minimum Gasteiger partial charge on any atom is -0.480 e. The molecule has 0 radical (unpaired) electrons. The van der Waals surface area contributed by atoms with Crippen molar-refractivity contribution in [3.05, 3.63) is 0 Å². The van der Waals surface area contributed by atoms with Gasteiger partial charge in [0.15, 0.2) is 0 Å². The van der Waals surface area contributed by atoms with Crippen molar-refractivity contribution in [1.82, 2.24) is 0 Å². The molecule has 1 atom stereocenters. The molecule has 25 heavy (non-hydrogen) atoms. The van der Waals surface area contributed by atoms with Gasteiger partial charge in [-0.15, -0.1) is 0 Å². The highest BCUT2D eigenvalue weighted by Crippen LogP contribution is 2.12. The highest BCUT2D eigenvalue weighted by atomic mass is 16.5. The van der Waals surface area contributed by atoms with Gasteiger partial charge in [0.05, 0.1) is 13.2 Å². The normalized spacial score (nSPS) is 12.4. The molecule has 0 bridgehead atoms. The van der Waals surface area contributed by atoms with Crippen molar-refractivity contribution in [3.63, 3.8) is 0 Å². The zero-order valence-corrected chi connectivity index (χ0v) is 16.2. The number of aliphatic hydroxyl groups excluding tert-OH is 1. The Morgan fingerprint density at radius 2 is 1.20 bits per heavy atom. The van der Waals surface area contributed by atoms with E-state index < -0.39 is 12.1 Å². The van der Waals surface area contributed by atoms with Gasteiger partial charge in [-0.2, -0.15) is 0 Å². The van der Waals surface area contributed by atoms with E-state index in [1.54, 1.807) is 0 Å². The molecule has 150 valence electrons. The first kappa shape index (κ1) is 24.4. The Bertz CT molecular complexity index is 283. The Balaban J connectivity index is 3.10. The molecule has 5 heteroatoms. The van der Waals surface area contributed by atoms with E-state index in [1.807, 2.05) is 0 Å². The maximum atomic E-state index is 10.3. The van der Waals surface area contributed by atoms with Crippen molar-refractivity contribution in [2.24, 2.45) is 0 Å². The number of carboxylic acids is 1. The average molecular weight is 361 g/mol. The Morgan fingerprint density at radius 1 is 0.760 bits per heavy atom. The van der Waals surface area contributed by atoms with Gasteiger partial charge in [-0.05, 0) is 6.42 Å². The highest BCUT2D eigenvalue weighted by molar-refractivity contribution is 5.67. The van der Waals surface area contributed by atoms with Crippen LogP contribution in [-0.2, 0) is 14.3 Å². The molecule has 0 saturated heterocycles. The van der Waals surface area contributed by atoms with Gasteiger partial charge in [-0.1, -0.05) is 84.0 Å². The molecule has 0 rings (SSSR count). The van der Waals surface area contributed by atoms with Gasteiger partial charge in [0.1, 0.15) is 12.7 Å². The third-order valence-corrected chi connectivity index (χ3v) is 4.24. The molecule has 0 aliphatic carbocycles. The highest BCUT2D eigenvalue weighted by Gasteiger charge is 2.05. The number of unbranched alkanes of at least 4 members (excludes halogenated alkanes) is 12. The van der Waals surface area contributed by atoms with E-state index in [9.17, 15) is 9.90 Å². The summed E-state index contributed by atoms with van der Waals surface area (Å²) in [4.78, 5) is 10.3. The lowest BCUT2D eigenvalue weighted by Gasteiger charge is -2.11. The van der Waals surface area contributed by atoms with Crippen molar-refractivity contribution in [1.29, 1.82) is 0 Å². The van der Waals surface area contributed by atoms with Gasteiger partial charge < -0.3 is 19.7 Å². The second kappa shape index (κ2) is 19.7. The van der Waals surface area contributed by atoms with Crippen LogP contribution in [0.4, 0.5) is 0 Å². The SMILES string of the molecule is CCCCCCCCCCCCCCCOCC(O)COCC(=O)O. The summed E-state index contributed by atoms with van der Waals surface area (Å²) in [5.41, 5.74) is 0. The molecule has 5 nitrogen and oxygen atoms in total. The number of carboxylic acid groups (broad SMARTS) is 1. The van der Waals surface area contributed by atoms with Gasteiger partial charge in [-0.25, -0.2) is 4.79 Å². The van der Waals surface area contributed by atoms with E-state index in [1.165, 1.54) is 77.0 Å². The molecule has 0 heterocycles. The monoisotopic (exact) mass is 360 g/mol. The van der Waals surface area contributed by atoms with Gasteiger partial charge in [-0.3, -0.25) is 0 Å². The predicted molar refractivity (Wildman–Crippen MR) is 101 cm³/mol. The molecular weight excluding hydrogens is 320 g/mol. The third kappa shape index (κ3) is 21.3. The van der Waals surface area contributed by atoms with Crippen molar-refractivity contribution < 1.29 is 24.5 Å². The lowest BCUT2D eigenvalue weighted by atomic mass is 10.0. The van der Waals surface area contributed by atoms with Crippen LogP contribution < -0.4 is 0 Å². The molecule has 0 amide bonds. The second-order valence-corrected chi connectivity index (χ2v) is 6.88. The van der Waals surface area contributed by atoms with Crippen LogP contribution in [0.5, 0.6) is 0 Å². The molecule has 1 unspecified atom stereocenters. The van der Waals surface area contributed by atoms with E-state index in [0.717, 1.165) is 6.42 Å². The summed E-state index contributed by atoms with van der Waals surface area (Å²) >= 11 is 0. The Hall–Kier alpha value is -0.650. The minimum atomic E-state index is -1.03. The fraction of sp³-hybridized carbons (Fsp3) is 0.950. The molecule has 2 N–H and O–H groups in total. The number of aliphatic carboxylic acids is 1. The van der Waals surface area contributed by atoms with E-state index >= 15 is 0 Å². The average Bonchev–Trinajstić information content (AvgIpc) is 2.58. The van der Waals surface area contributed by atoms with Gasteiger partial charge in [0, 0.05) is 6.61 Å². The standard InChI is InChI=1S/C20H40O5/c1-2-3-4-5-6-7-8-9-10-11-12-13-14-15-24-16-19(21)17-25-18-20(22)23/h19,21H,2-18H2,1H3,(H,22,23). The Labute approximate surface area is 154 Å². The fourth-order valence-electron chi connectivity index (χ4n) is 2.77. The van der Waals surface area contributed by atoms with E-state index in [-0.39, 0.29) is 19.8 Å². The summed E-state index contributed by atoms with van der Waals surface area (Å²) in [6, 6.07) is 0. The van der Waals surface area contributed by atoms with Crippen molar-refractivity contribution in [2.75, 3.05) is 26.4 Å². The van der Waals surface area contributed by atoms with Crippen LogP contribution in [0.2, 0.25) is 0 Å². The van der Waals surface area contributed by atoms with Crippen LogP contribution in [0.1, 0.15) is 90.4 Å². The number of carbonyl (C=O) groups is 1. The van der Waals surface area contributed by atoms with Gasteiger partial charge in [0.2, 0.25) is 0 Å². The van der Waals surface area contributed by atoms with E-state index in [2.05, 4.69) is 6.92 Å². The topological polar surface area (TPSA) is 76.0 Å². The van der Waals surface area contributed by atoms with Crippen LogP contribution in [0.15, 0.2) is 0 Å². The first-order chi connectivity index (χ1) is 12.2. The smallest absolute Gasteiger partial charge is 0.329 e. The summed E-state index contributed by atoms with van der Waals surface area (Å²) < 4.78 is 10.2. The van der Waals surface area contributed by atoms with Crippen LogP contribution in [0, 0.1) is 0 Å². The van der Waals surface area contributed by atoms with Crippen molar-refractivity contribution >= 4 is 5.97 Å². The van der Waals surface area contributed by atoms with Gasteiger partial charge in [0.25, 0.3) is 0 Å². The molecule has 0 fully saturated rings. The summed E-state index contributed by atoms with van der Waals surface area (Å²) in [6.45, 7) is 2.74. The predicted octanol–water partition coefficient (Wildman–Crippen LogP) is 4.56. The molecule has 0 aromatic heterocycles. The first-order valence-electron chi connectivity index (χ1n) is 10.2. The largest absolute Gasteiger partial charge is 0.480 e. The number of rotatable bonds is 20. The quantitative estimate of drug-likeness (QED) is 0.311. The fourth-order valence-corrected chi connectivity index (χ4v) is 2.77. The van der Waals surface area contributed by atoms with E-state index in [4.69, 9.17) is 14.6 Å². The number of hydrogen-bond donors (Lipinski definition) is 2. The number of hydrogen-bond acceptors (Lipinski definition) is 4. The van der Waals surface area contributed by atoms with Crippen LogP contribution in [0.3, 0.4) is 0 Å². The zero-order chi connectivity index (χ0) is 18.6. The third-order valence-electron chi connectivity index (χ3n) is 4.24. The molecule has 0 spiro atoms. The number of ether oxygens (including phenoxy) is 2. The Morgan fingerprint density at radius 3 is 1.68 bits per heavy atom. The number of aliphatic hydroxyl groups is 1. The first-order valence-corrected chi connectivity index (χ1v) is 10.2. The summed E-state index contributed by atoms with van der Waals surface area (Å²) in [7, 11) is 0. The molecule has 0 aromatic rings. The molecule has 0 aliphatic rings. The second-order valence-electron chi connectivity index (χ2n) is 6.88. The van der Waals surface area contributed by atoms with Crippen LogP contribution >= 0.6 is 0 Å². The summed E-state index contributed by atoms with van der Waals surface area (Å²) in [5.74, 6) is -1.03. The molecular formula is C20H40O5. The van der Waals surface area contributed by atoms with Crippen molar-refractivity contribution in [3.8, 4) is 0 Å². The molecule has 0 saturated carbocycles. The molecule has 0 aliphatic heterocycles. The lowest BCUT2D eigenvalue weighted by molar-refractivity contribution is -0.143. The lowest BCUT2D eigenvalue weighted by Crippen LogP contribution is -2.23. The summed E-state index contributed by atoms with van der Waals surface area (Å²) in [6.07, 6.45) is 16.4. The minimum absolute atomic E-state index is 0.00486. The summed E-state index contributed by atoms with van der Waals surface area (Å²) in [5, 5.41) is 17.9. The van der Waals surface area contributed by atoms with Crippen molar-refractivity contribution in [2.45, 2.75) is 96.5 Å².